The molecule has 1 unspecified atom stereocenters. The van der Waals surface area contributed by atoms with E-state index in [1.165, 1.54) is 0 Å². The maximum Gasteiger partial charge on any atom is 0.119 e. The Labute approximate surface area is 119 Å². The molecule has 0 aromatic heterocycles. The summed E-state index contributed by atoms with van der Waals surface area (Å²) in [6.07, 6.45) is -0.446. The largest absolute Gasteiger partial charge is 0.491 e. The maximum atomic E-state index is 9.41. The monoisotopic (exact) mass is 272 g/mol. The number of aliphatic hydroxyl groups is 1. The molecule has 106 valence electrons. The van der Waals surface area contributed by atoms with Gasteiger partial charge >= 0.3 is 0 Å². The van der Waals surface area contributed by atoms with E-state index in [4.69, 9.17) is 9.47 Å². The Hall–Kier alpha value is -1.84. The molecular weight excluding hydrogens is 252 g/mol. The Balaban J connectivity index is 1.66. The lowest BCUT2D eigenvalue weighted by Gasteiger charge is -2.09. The minimum atomic E-state index is -0.446. The Kier molecular flexibility index (Phi) is 5.59. The average molecular weight is 272 g/mol. The fraction of sp³-hybridized carbons (Fsp3) is 0.294. The zero-order valence-electron chi connectivity index (χ0n) is 11.7. The van der Waals surface area contributed by atoms with Crippen molar-refractivity contribution < 1.29 is 14.6 Å². The molecular formula is C17H20O3. The van der Waals surface area contributed by atoms with E-state index in [-0.39, 0.29) is 0 Å². The molecule has 0 aliphatic heterocycles. The molecule has 0 saturated carbocycles. The lowest BCUT2D eigenvalue weighted by atomic mass is 10.1. The molecule has 20 heavy (non-hydrogen) atoms. The molecule has 0 aliphatic rings. The van der Waals surface area contributed by atoms with Gasteiger partial charge in [-0.2, -0.15) is 0 Å². The molecule has 0 saturated heterocycles. The third-order valence-corrected chi connectivity index (χ3v) is 2.97. The molecule has 0 aliphatic carbocycles. The molecule has 2 aromatic rings. The van der Waals surface area contributed by atoms with Gasteiger partial charge in [0.1, 0.15) is 12.4 Å². The van der Waals surface area contributed by atoms with E-state index in [9.17, 15) is 5.11 Å². The summed E-state index contributed by atoms with van der Waals surface area (Å²) >= 11 is 0. The molecule has 0 bridgehead atoms. The smallest absolute Gasteiger partial charge is 0.119 e. The van der Waals surface area contributed by atoms with Crippen LogP contribution in [0, 0.1) is 0 Å². The highest BCUT2D eigenvalue weighted by Crippen LogP contribution is 2.17. The van der Waals surface area contributed by atoms with Gasteiger partial charge in [0, 0.05) is 0 Å². The Morgan fingerprint density at radius 2 is 1.65 bits per heavy atom. The summed E-state index contributed by atoms with van der Waals surface area (Å²) in [5.41, 5.74) is 2.05. The van der Waals surface area contributed by atoms with Crippen LogP contribution in [0.3, 0.4) is 0 Å². The number of aliphatic hydroxyl groups excluding tert-OH is 1. The molecule has 0 amide bonds. The van der Waals surface area contributed by atoms with Gasteiger partial charge in [0.15, 0.2) is 0 Å². The number of hydrogen-bond acceptors (Lipinski definition) is 3. The number of benzene rings is 2. The van der Waals surface area contributed by atoms with Crippen LogP contribution in [-0.4, -0.2) is 18.3 Å². The topological polar surface area (TPSA) is 38.7 Å². The first kappa shape index (κ1) is 14.6. The number of rotatable bonds is 7. The van der Waals surface area contributed by atoms with E-state index >= 15 is 0 Å². The minimum Gasteiger partial charge on any atom is -0.491 e. The summed E-state index contributed by atoms with van der Waals surface area (Å²) in [5, 5.41) is 9.41. The lowest BCUT2D eigenvalue weighted by molar-refractivity contribution is 0.0889. The molecule has 0 radical (unpaired) electrons. The van der Waals surface area contributed by atoms with Crippen molar-refractivity contribution in [1.29, 1.82) is 0 Å². The van der Waals surface area contributed by atoms with Crippen molar-refractivity contribution in [3.63, 3.8) is 0 Å². The van der Waals surface area contributed by atoms with Gasteiger partial charge in [0.2, 0.25) is 0 Å². The molecule has 0 heterocycles. The zero-order valence-corrected chi connectivity index (χ0v) is 11.7. The first-order chi connectivity index (χ1) is 9.75. The predicted octanol–water partition coefficient (Wildman–Crippen LogP) is 3.34. The minimum absolute atomic E-state index is 0.446. The van der Waals surface area contributed by atoms with Crippen LogP contribution in [0.4, 0.5) is 0 Å². The highest BCUT2D eigenvalue weighted by atomic mass is 16.5. The predicted molar refractivity (Wildman–Crippen MR) is 78.7 cm³/mol. The van der Waals surface area contributed by atoms with E-state index in [0.29, 0.717) is 19.8 Å². The molecule has 0 fully saturated rings. The normalized spacial score (nSPS) is 12.1. The second-order valence-electron chi connectivity index (χ2n) is 4.63. The summed E-state index contributed by atoms with van der Waals surface area (Å²) in [6, 6.07) is 17.5. The Morgan fingerprint density at radius 1 is 0.950 bits per heavy atom. The Bertz CT molecular complexity index is 491. The van der Waals surface area contributed by atoms with Crippen molar-refractivity contribution in [1.82, 2.24) is 0 Å². The molecule has 3 heteroatoms. The van der Waals surface area contributed by atoms with Crippen LogP contribution in [0.15, 0.2) is 54.6 Å². The number of ether oxygens (including phenoxy) is 2. The summed E-state index contributed by atoms with van der Waals surface area (Å²) in [6.45, 7) is 3.41. The van der Waals surface area contributed by atoms with Crippen LogP contribution in [0.1, 0.15) is 24.2 Å². The van der Waals surface area contributed by atoms with Crippen LogP contribution >= 0.6 is 0 Å². The van der Waals surface area contributed by atoms with Gasteiger partial charge in [0.05, 0.1) is 19.3 Å². The van der Waals surface area contributed by atoms with Crippen LogP contribution in [-0.2, 0) is 11.3 Å². The summed E-state index contributed by atoms with van der Waals surface area (Å²) in [7, 11) is 0. The standard InChI is InChI=1S/C17H20O3/c1-14(18)16-7-9-17(10-8-16)20-12-11-19-13-15-5-3-2-4-6-15/h2-10,14,18H,11-13H2,1H3. The quantitative estimate of drug-likeness (QED) is 0.786. The van der Waals surface area contributed by atoms with Crippen LogP contribution in [0.5, 0.6) is 5.75 Å². The van der Waals surface area contributed by atoms with Crippen LogP contribution in [0.25, 0.3) is 0 Å². The van der Waals surface area contributed by atoms with Gasteiger partial charge in [-0.15, -0.1) is 0 Å². The van der Waals surface area contributed by atoms with Crippen LogP contribution < -0.4 is 4.74 Å². The third kappa shape index (κ3) is 4.68. The first-order valence-corrected chi connectivity index (χ1v) is 6.78. The van der Waals surface area contributed by atoms with Crippen molar-refractivity contribution in [2.75, 3.05) is 13.2 Å². The summed E-state index contributed by atoms with van der Waals surface area (Å²) in [4.78, 5) is 0. The van der Waals surface area contributed by atoms with Crippen molar-refractivity contribution in [3.05, 3.63) is 65.7 Å². The molecule has 2 rings (SSSR count). The summed E-state index contributed by atoms with van der Waals surface area (Å²) < 4.78 is 11.1. The Morgan fingerprint density at radius 3 is 2.30 bits per heavy atom. The zero-order chi connectivity index (χ0) is 14.2. The lowest BCUT2D eigenvalue weighted by Crippen LogP contribution is -2.06. The molecule has 0 spiro atoms. The van der Waals surface area contributed by atoms with E-state index in [1.807, 2.05) is 54.6 Å². The average Bonchev–Trinajstić information content (AvgIpc) is 2.48. The van der Waals surface area contributed by atoms with Gasteiger partial charge in [-0.3, -0.25) is 0 Å². The van der Waals surface area contributed by atoms with Gasteiger partial charge in [-0.05, 0) is 30.2 Å². The molecule has 1 atom stereocenters. The van der Waals surface area contributed by atoms with Crippen LogP contribution in [0.2, 0.25) is 0 Å². The fourth-order valence-corrected chi connectivity index (χ4v) is 1.83. The maximum absolute atomic E-state index is 9.41. The second kappa shape index (κ2) is 7.68. The molecule has 2 aromatic carbocycles. The van der Waals surface area contributed by atoms with Crippen molar-refractivity contribution in [2.45, 2.75) is 19.6 Å². The summed E-state index contributed by atoms with van der Waals surface area (Å²) in [5.74, 6) is 0.790. The van der Waals surface area contributed by atoms with Gasteiger partial charge in [-0.25, -0.2) is 0 Å². The first-order valence-electron chi connectivity index (χ1n) is 6.78. The van der Waals surface area contributed by atoms with E-state index in [2.05, 4.69) is 0 Å². The van der Waals surface area contributed by atoms with Gasteiger partial charge in [-0.1, -0.05) is 42.5 Å². The van der Waals surface area contributed by atoms with Gasteiger partial charge < -0.3 is 14.6 Å². The molecule has 1 N–H and O–H groups in total. The van der Waals surface area contributed by atoms with Gasteiger partial charge in [0.25, 0.3) is 0 Å². The fourth-order valence-electron chi connectivity index (χ4n) is 1.83. The third-order valence-electron chi connectivity index (χ3n) is 2.97. The highest BCUT2D eigenvalue weighted by molar-refractivity contribution is 5.28. The SMILES string of the molecule is CC(O)c1ccc(OCCOCc2ccccc2)cc1. The number of hydrogen-bond donors (Lipinski definition) is 1. The van der Waals surface area contributed by atoms with Crippen molar-refractivity contribution in [2.24, 2.45) is 0 Å². The second-order valence-corrected chi connectivity index (χ2v) is 4.63. The van der Waals surface area contributed by atoms with E-state index in [1.54, 1.807) is 6.92 Å². The van der Waals surface area contributed by atoms with Crippen molar-refractivity contribution >= 4 is 0 Å². The highest BCUT2D eigenvalue weighted by Gasteiger charge is 2.00. The molecule has 3 nitrogen and oxygen atoms in total. The van der Waals surface area contributed by atoms with E-state index in [0.717, 1.165) is 16.9 Å². The van der Waals surface area contributed by atoms with Crippen molar-refractivity contribution in [3.8, 4) is 5.75 Å². The van der Waals surface area contributed by atoms with E-state index < -0.39 is 6.10 Å².